The number of nitrogens with one attached hydrogen (secondary N) is 4. The van der Waals surface area contributed by atoms with Crippen molar-refractivity contribution in [1.29, 1.82) is 0 Å². The number of fused-ring (bicyclic) bond motifs is 1. The van der Waals surface area contributed by atoms with Gasteiger partial charge >= 0.3 is 6.09 Å². The highest BCUT2D eigenvalue weighted by atomic mass is 16.6. The van der Waals surface area contributed by atoms with Crippen molar-refractivity contribution < 1.29 is 19.1 Å². The molecule has 0 saturated heterocycles. The Morgan fingerprint density at radius 1 is 1.15 bits per heavy atom. The van der Waals surface area contributed by atoms with Gasteiger partial charge in [0.15, 0.2) is 0 Å². The Morgan fingerprint density at radius 2 is 1.93 bits per heavy atom. The average Bonchev–Trinajstić information content (AvgIpc) is 3.45. The summed E-state index contributed by atoms with van der Waals surface area (Å²) in [6.45, 7) is 7.69. The number of pyridine rings is 1. The van der Waals surface area contributed by atoms with Crippen molar-refractivity contribution in [1.82, 2.24) is 30.4 Å². The summed E-state index contributed by atoms with van der Waals surface area (Å²) in [6.07, 6.45) is 4.70. The number of aromatic amines is 1. The maximum absolute atomic E-state index is 13.2. The maximum atomic E-state index is 13.2. The number of nitrogens with zero attached hydrogens (tertiary/aromatic N) is 2. The first-order valence-corrected chi connectivity index (χ1v) is 13.9. The number of ether oxygens (including phenoxy) is 1. The number of H-pyrrole nitrogens is 1. The number of hydrogen-bond donors (Lipinski definition) is 4. The van der Waals surface area contributed by atoms with Crippen LogP contribution in [-0.4, -0.2) is 77.7 Å². The molecule has 0 bridgehead atoms. The first-order valence-electron chi connectivity index (χ1n) is 13.9. The molecule has 0 radical (unpaired) electrons. The van der Waals surface area contributed by atoms with E-state index in [0.29, 0.717) is 19.0 Å². The number of hydrogen-bond acceptors (Lipinski definition) is 6. The minimum atomic E-state index is -0.535. The van der Waals surface area contributed by atoms with Gasteiger partial charge in [0.1, 0.15) is 11.2 Å². The van der Waals surface area contributed by atoms with Crippen LogP contribution in [0, 0.1) is 5.92 Å². The summed E-state index contributed by atoms with van der Waals surface area (Å²) in [4.78, 5) is 55.9. The lowest BCUT2D eigenvalue weighted by atomic mass is 10.1. The maximum Gasteiger partial charge on any atom is 0.407 e. The molecule has 2 atom stereocenters. The van der Waals surface area contributed by atoms with Gasteiger partial charge in [0.05, 0.1) is 12.1 Å². The highest BCUT2D eigenvalue weighted by molar-refractivity contribution is 5.99. The molecule has 0 aliphatic heterocycles. The number of amides is 3. The second-order valence-electron chi connectivity index (χ2n) is 11.6. The smallest absolute Gasteiger partial charge is 0.407 e. The average molecular weight is 565 g/mol. The molecule has 2 aromatic heterocycles. The quantitative estimate of drug-likeness (QED) is 0.283. The van der Waals surface area contributed by atoms with Crippen LogP contribution in [0.5, 0.6) is 0 Å². The molecule has 4 rings (SSSR count). The molecule has 1 saturated carbocycles. The van der Waals surface area contributed by atoms with E-state index >= 15 is 0 Å². The van der Waals surface area contributed by atoms with Gasteiger partial charge in [-0.2, -0.15) is 0 Å². The Balaban J connectivity index is 1.34. The van der Waals surface area contributed by atoms with Crippen molar-refractivity contribution in [3.8, 4) is 0 Å². The highest BCUT2D eigenvalue weighted by Crippen LogP contribution is 2.34. The second-order valence-corrected chi connectivity index (χ2v) is 11.6. The fourth-order valence-corrected chi connectivity index (χ4v) is 4.80. The van der Waals surface area contributed by atoms with Crippen molar-refractivity contribution in [3.05, 3.63) is 69.8 Å². The summed E-state index contributed by atoms with van der Waals surface area (Å²) in [7, 11) is 3.45. The van der Waals surface area contributed by atoms with E-state index < -0.39 is 23.2 Å². The zero-order valence-electron chi connectivity index (χ0n) is 24.4. The third kappa shape index (κ3) is 7.97. The molecule has 4 N–H and O–H groups in total. The number of rotatable bonds is 11. The van der Waals surface area contributed by atoms with E-state index in [0.717, 1.165) is 35.9 Å². The van der Waals surface area contributed by atoms with Crippen molar-refractivity contribution in [2.24, 2.45) is 5.92 Å². The number of carbonyl (C=O) groups is 3. The fourth-order valence-electron chi connectivity index (χ4n) is 4.80. The molecule has 41 heavy (non-hydrogen) atoms. The summed E-state index contributed by atoms with van der Waals surface area (Å²) in [5.74, 6) is -0.506. The Morgan fingerprint density at radius 3 is 2.66 bits per heavy atom. The molecule has 1 fully saturated rings. The lowest BCUT2D eigenvalue weighted by Crippen LogP contribution is -2.37. The van der Waals surface area contributed by atoms with E-state index in [9.17, 15) is 19.2 Å². The van der Waals surface area contributed by atoms with Crippen LogP contribution in [0.2, 0.25) is 0 Å². The number of carbonyl (C=O) groups excluding carboxylic acids is 3. The van der Waals surface area contributed by atoms with Gasteiger partial charge in [-0.3, -0.25) is 14.4 Å². The zero-order chi connectivity index (χ0) is 29.7. The predicted octanol–water partition coefficient (Wildman–Crippen LogP) is 2.70. The lowest BCUT2D eigenvalue weighted by Gasteiger charge is -2.21. The van der Waals surface area contributed by atoms with Gasteiger partial charge in [-0.15, -0.1) is 0 Å². The molecule has 1 aliphatic carbocycles. The van der Waals surface area contributed by atoms with Gasteiger partial charge in [0.25, 0.3) is 17.4 Å². The molecule has 1 aliphatic rings. The van der Waals surface area contributed by atoms with Crippen molar-refractivity contribution in [2.45, 2.75) is 51.8 Å². The molecule has 1 aromatic carbocycles. The standard InChI is InChI=1S/C30H40N6O5/c1-30(2,3)41-29(40)33-12-14-35(5)13-10-19-16-25(19)34-26(37)21-15-23(27(38)31-4)28(39)36(18-21)17-20-7-6-8-24-22(20)9-11-32-24/h6-9,11,15,18-19,25,32H,10,12-14,16-17H2,1-5H3,(H,31,38)(H,33,40)(H,34,37)/t19-,25-/m1/s1. The van der Waals surface area contributed by atoms with E-state index in [2.05, 4.69) is 25.8 Å². The topological polar surface area (TPSA) is 138 Å². The zero-order valence-corrected chi connectivity index (χ0v) is 24.4. The minimum absolute atomic E-state index is 0.0354. The monoisotopic (exact) mass is 564 g/mol. The van der Waals surface area contributed by atoms with E-state index in [1.54, 1.807) is 0 Å². The molecule has 0 unspecified atom stereocenters. The van der Waals surface area contributed by atoms with Crippen molar-refractivity contribution >= 4 is 28.8 Å². The number of benzene rings is 1. The molecular weight excluding hydrogens is 524 g/mol. The highest BCUT2D eigenvalue weighted by Gasteiger charge is 2.38. The molecule has 0 spiro atoms. The summed E-state index contributed by atoms with van der Waals surface area (Å²) >= 11 is 0. The van der Waals surface area contributed by atoms with Crippen LogP contribution in [0.3, 0.4) is 0 Å². The Kier molecular flexibility index (Phi) is 9.17. The molecular formula is C30H40N6O5. The van der Waals surface area contributed by atoms with E-state index in [1.807, 2.05) is 58.3 Å². The first kappa shape index (κ1) is 29.9. The fraction of sp³-hybridized carbons (Fsp3) is 0.467. The van der Waals surface area contributed by atoms with Crippen molar-refractivity contribution in [3.63, 3.8) is 0 Å². The number of alkyl carbamates (subject to hydrolysis) is 1. The van der Waals surface area contributed by atoms with E-state index in [4.69, 9.17) is 4.74 Å². The third-order valence-corrected chi connectivity index (χ3v) is 7.13. The van der Waals surface area contributed by atoms with E-state index in [-0.39, 0.29) is 29.6 Å². The summed E-state index contributed by atoms with van der Waals surface area (Å²) in [6, 6.07) is 9.12. The largest absolute Gasteiger partial charge is 0.444 e. The van der Waals surface area contributed by atoms with Gasteiger partial charge in [-0.05, 0) is 76.9 Å². The lowest BCUT2D eigenvalue weighted by molar-refractivity contribution is 0.0523. The van der Waals surface area contributed by atoms with E-state index in [1.165, 1.54) is 23.9 Å². The molecule has 3 aromatic rings. The van der Waals surface area contributed by atoms with Crippen LogP contribution in [-0.2, 0) is 11.3 Å². The molecule has 2 heterocycles. The van der Waals surface area contributed by atoms with Gasteiger partial charge in [-0.1, -0.05) is 12.1 Å². The second kappa shape index (κ2) is 12.6. The Bertz CT molecular complexity index is 1470. The minimum Gasteiger partial charge on any atom is -0.444 e. The predicted molar refractivity (Wildman–Crippen MR) is 157 cm³/mol. The molecule has 11 nitrogen and oxygen atoms in total. The van der Waals surface area contributed by atoms with Crippen LogP contribution >= 0.6 is 0 Å². The van der Waals surface area contributed by atoms with Crippen LogP contribution in [0.25, 0.3) is 10.9 Å². The Hall–Kier alpha value is -4.12. The van der Waals surface area contributed by atoms with Crippen LogP contribution in [0.4, 0.5) is 4.79 Å². The molecule has 11 heteroatoms. The normalized spacial score (nSPS) is 16.4. The van der Waals surface area contributed by atoms with Gasteiger partial charge in [0.2, 0.25) is 0 Å². The molecule has 220 valence electrons. The van der Waals surface area contributed by atoms with Crippen LogP contribution in [0.1, 0.15) is 59.9 Å². The summed E-state index contributed by atoms with van der Waals surface area (Å²) in [5, 5.41) is 9.29. The summed E-state index contributed by atoms with van der Waals surface area (Å²) < 4.78 is 6.67. The van der Waals surface area contributed by atoms with Crippen molar-refractivity contribution in [2.75, 3.05) is 33.7 Å². The molecule has 3 amide bonds. The third-order valence-electron chi connectivity index (χ3n) is 7.13. The summed E-state index contributed by atoms with van der Waals surface area (Å²) in [5.41, 5.74) is 1.05. The number of likely N-dealkylation sites (N-methyl/N-ethyl adjacent to an activating group) is 1. The number of aromatic nitrogens is 2. The van der Waals surface area contributed by atoms with Gasteiger partial charge < -0.3 is 35.1 Å². The first-order chi connectivity index (χ1) is 19.4. The SMILES string of the molecule is CNC(=O)c1cc(C(=O)N[C@@H]2C[C@H]2CCN(C)CCNC(=O)OC(C)(C)C)cn(Cc2cccc3[nH]ccc23)c1=O. The van der Waals surface area contributed by atoms with Crippen LogP contribution < -0.4 is 21.5 Å². The Labute approximate surface area is 239 Å². The van der Waals surface area contributed by atoms with Gasteiger partial charge in [-0.25, -0.2) is 4.79 Å². The van der Waals surface area contributed by atoms with Crippen LogP contribution in [0.15, 0.2) is 47.5 Å². The van der Waals surface area contributed by atoms with Gasteiger partial charge in [0, 0.05) is 49.5 Å².